The lowest BCUT2D eigenvalue weighted by molar-refractivity contribution is 0.102. The SMILES string of the molecule is Cn1ncc(NC(=O)c2cnn3ccc(N)nc23)c1-c1cc(Cl)ccc1Cl. The number of hydrogen-bond acceptors (Lipinski definition) is 5. The highest BCUT2D eigenvalue weighted by Gasteiger charge is 2.20. The number of halogens is 2. The minimum atomic E-state index is -0.393. The molecule has 4 aromatic rings. The number of amides is 1. The summed E-state index contributed by atoms with van der Waals surface area (Å²) in [7, 11) is 1.75. The molecule has 3 aromatic heterocycles. The Bertz CT molecular complexity index is 1180. The number of rotatable bonds is 3. The Labute approximate surface area is 163 Å². The molecule has 0 radical (unpaired) electrons. The normalized spacial score (nSPS) is 11.1. The van der Waals surface area contributed by atoms with Crippen molar-refractivity contribution in [2.45, 2.75) is 0 Å². The zero-order valence-corrected chi connectivity index (χ0v) is 15.5. The monoisotopic (exact) mass is 401 g/mol. The van der Waals surface area contributed by atoms with Crippen molar-refractivity contribution < 1.29 is 4.79 Å². The molecule has 10 heteroatoms. The average Bonchev–Trinajstić information content (AvgIpc) is 3.20. The van der Waals surface area contributed by atoms with Gasteiger partial charge in [0.25, 0.3) is 5.91 Å². The molecule has 1 amide bonds. The summed E-state index contributed by atoms with van der Waals surface area (Å²) in [5, 5.41) is 12.2. The van der Waals surface area contributed by atoms with E-state index in [-0.39, 0.29) is 5.56 Å². The predicted octanol–water partition coefficient (Wildman–Crippen LogP) is 3.27. The van der Waals surface area contributed by atoms with Crippen LogP contribution in [0, 0.1) is 0 Å². The summed E-state index contributed by atoms with van der Waals surface area (Å²) in [5.41, 5.74) is 8.12. The minimum absolute atomic E-state index is 0.286. The Balaban J connectivity index is 1.74. The van der Waals surface area contributed by atoms with Gasteiger partial charge >= 0.3 is 0 Å². The van der Waals surface area contributed by atoms with E-state index >= 15 is 0 Å². The van der Waals surface area contributed by atoms with Gasteiger partial charge in [-0.15, -0.1) is 0 Å². The molecule has 1 aromatic carbocycles. The number of nitrogens with two attached hydrogens (primary N) is 1. The van der Waals surface area contributed by atoms with E-state index in [1.807, 2.05) is 0 Å². The maximum absolute atomic E-state index is 12.8. The van der Waals surface area contributed by atoms with Gasteiger partial charge < -0.3 is 11.1 Å². The van der Waals surface area contributed by atoms with Crippen molar-refractivity contribution in [2.24, 2.45) is 7.05 Å². The third kappa shape index (κ3) is 3.09. The molecule has 0 atom stereocenters. The fraction of sp³-hybridized carbons (Fsp3) is 0.0588. The molecule has 0 aliphatic carbocycles. The molecule has 136 valence electrons. The molecule has 0 saturated carbocycles. The number of carbonyl (C=O) groups is 1. The molecule has 0 unspecified atom stereocenters. The highest BCUT2D eigenvalue weighted by molar-refractivity contribution is 6.35. The first-order valence-electron chi connectivity index (χ1n) is 7.82. The second-order valence-electron chi connectivity index (χ2n) is 5.79. The predicted molar refractivity (Wildman–Crippen MR) is 104 cm³/mol. The molecule has 0 aliphatic rings. The number of hydrogen-bond donors (Lipinski definition) is 2. The summed E-state index contributed by atoms with van der Waals surface area (Å²) >= 11 is 12.4. The van der Waals surface area contributed by atoms with Crippen LogP contribution in [0.15, 0.2) is 42.9 Å². The molecule has 0 fully saturated rings. The second kappa shape index (κ2) is 6.57. The van der Waals surface area contributed by atoms with Crippen molar-refractivity contribution in [2.75, 3.05) is 11.1 Å². The highest BCUT2D eigenvalue weighted by atomic mass is 35.5. The van der Waals surface area contributed by atoms with E-state index in [9.17, 15) is 4.79 Å². The van der Waals surface area contributed by atoms with Gasteiger partial charge in [-0.25, -0.2) is 9.50 Å². The van der Waals surface area contributed by atoms with Gasteiger partial charge in [0.15, 0.2) is 5.65 Å². The molecule has 4 rings (SSSR count). The van der Waals surface area contributed by atoms with Crippen LogP contribution in [0.3, 0.4) is 0 Å². The standard InChI is InChI=1S/C17H13Cl2N7O/c1-25-15(10-6-9(18)2-3-12(10)19)13(8-21-25)23-17(27)11-7-22-26-5-4-14(20)24-16(11)26/h2-8H,1H3,(H2,20,24)(H,23,27). The summed E-state index contributed by atoms with van der Waals surface area (Å²) in [6.45, 7) is 0. The van der Waals surface area contributed by atoms with Crippen molar-refractivity contribution in [1.82, 2.24) is 24.4 Å². The van der Waals surface area contributed by atoms with Gasteiger partial charge in [0, 0.05) is 23.8 Å². The smallest absolute Gasteiger partial charge is 0.261 e. The van der Waals surface area contributed by atoms with Gasteiger partial charge in [0.05, 0.1) is 28.8 Å². The van der Waals surface area contributed by atoms with Gasteiger partial charge in [-0.3, -0.25) is 9.48 Å². The maximum Gasteiger partial charge on any atom is 0.261 e. The number of nitrogens with one attached hydrogen (secondary N) is 1. The van der Waals surface area contributed by atoms with E-state index in [4.69, 9.17) is 28.9 Å². The first-order chi connectivity index (χ1) is 12.9. The van der Waals surface area contributed by atoms with Crippen LogP contribution in [0.25, 0.3) is 16.9 Å². The van der Waals surface area contributed by atoms with E-state index in [0.717, 1.165) is 0 Å². The first-order valence-corrected chi connectivity index (χ1v) is 8.58. The lowest BCUT2D eigenvalue weighted by atomic mass is 10.1. The van der Waals surface area contributed by atoms with Gasteiger partial charge in [-0.2, -0.15) is 10.2 Å². The number of nitrogen functional groups attached to an aromatic ring is 1. The molecule has 8 nitrogen and oxygen atoms in total. The van der Waals surface area contributed by atoms with Crippen LogP contribution in [0.1, 0.15) is 10.4 Å². The van der Waals surface area contributed by atoms with E-state index in [0.29, 0.717) is 38.5 Å². The van der Waals surface area contributed by atoms with E-state index < -0.39 is 5.91 Å². The molecule has 0 saturated heterocycles. The molecular weight excluding hydrogens is 389 g/mol. The molecule has 3 N–H and O–H groups in total. The van der Waals surface area contributed by atoms with Crippen LogP contribution in [0.2, 0.25) is 10.0 Å². The molecule has 0 bridgehead atoms. The lowest BCUT2D eigenvalue weighted by Gasteiger charge is -2.10. The third-order valence-corrected chi connectivity index (χ3v) is 4.57. The van der Waals surface area contributed by atoms with Crippen LogP contribution in [-0.2, 0) is 7.05 Å². The van der Waals surface area contributed by atoms with Crippen molar-refractivity contribution in [3.8, 4) is 11.3 Å². The largest absolute Gasteiger partial charge is 0.384 e. The summed E-state index contributed by atoms with van der Waals surface area (Å²) in [6, 6.07) is 6.70. The minimum Gasteiger partial charge on any atom is -0.384 e. The lowest BCUT2D eigenvalue weighted by Crippen LogP contribution is -2.13. The summed E-state index contributed by atoms with van der Waals surface area (Å²) in [6.07, 6.45) is 4.60. The van der Waals surface area contributed by atoms with Crippen molar-refractivity contribution >= 4 is 46.3 Å². The number of aryl methyl sites for hydroxylation is 1. The summed E-state index contributed by atoms with van der Waals surface area (Å²) < 4.78 is 3.09. The maximum atomic E-state index is 12.8. The topological polar surface area (TPSA) is 103 Å². The number of aromatic nitrogens is 5. The highest BCUT2D eigenvalue weighted by Crippen LogP contribution is 2.35. The van der Waals surface area contributed by atoms with Crippen molar-refractivity contribution in [3.63, 3.8) is 0 Å². The van der Waals surface area contributed by atoms with E-state index in [2.05, 4.69) is 20.5 Å². The molecular formula is C17H13Cl2N7O. The zero-order chi connectivity index (χ0) is 19.1. The second-order valence-corrected chi connectivity index (χ2v) is 6.63. The molecule has 27 heavy (non-hydrogen) atoms. The Morgan fingerprint density at radius 3 is 2.81 bits per heavy atom. The van der Waals surface area contributed by atoms with Gasteiger partial charge in [0.2, 0.25) is 0 Å². The van der Waals surface area contributed by atoms with E-state index in [1.54, 1.807) is 42.2 Å². The number of nitrogens with zero attached hydrogens (tertiary/aromatic N) is 5. The zero-order valence-electron chi connectivity index (χ0n) is 14.0. The fourth-order valence-electron chi connectivity index (χ4n) is 2.76. The van der Waals surface area contributed by atoms with Crippen molar-refractivity contribution in [3.05, 3.63) is 58.5 Å². The molecule has 0 spiro atoms. The van der Waals surface area contributed by atoms with Crippen LogP contribution >= 0.6 is 23.2 Å². The van der Waals surface area contributed by atoms with Gasteiger partial charge in [-0.05, 0) is 24.3 Å². The molecule has 3 heterocycles. The Hall–Kier alpha value is -3.10. The Kier molecular flexibility index (Phi) is 4.21. The quantitative estimate of drug-likeness (QED) is 0.548. The third-order valence-electron chi connectivity index (χ3n) is 4.01. The fourth-order valence-corrected chi connectivity index (χ4v) is 3.14. The van der Waals surface area contributed by atoms with Gasteiger partial charge in [0.1, 0.15) is 11.4 Å². The average molecular weight is 402 g/mol. The number of carbonyl (C=O) groups excluding carboxylic acids is 1. The first kappa shape index (κ1) is 17.3. The number of fused-ring (bicyclic) bond motifs is 1. The van der Waals surface area contributed by atoms with Crippen LogP contribution in [-0.4, -0.2) is 30.3 Å². The van der Waals surface area contributed by atoms with Gasteiger partial charge in [-0.1, -0.05) is 23.2 Å². The number of benzene rings is 1. The van der Waals surface area contributed by atoms with Crippen LogP contribution in [0.5, 0.6) is 0 Å². The summed E-state index contributed by atoms with van der Waals surface area (Å²) in [4.78, 5) is 17.0. The van der Waals surface area contributed by atoms with Crippen molar-refractivity contribution in [1.29, 1.82) is 0 Å². The molecule has 0 aliphatic heterocycles. The Morgan fingerprint density at radius 1 is 1.19 bits per heavy atom. The van der Waals surface area contributed by atoms with Crippen LogP contribution < -0.4 is 11.1 Å². The van der Waals surface area contributed by atoms with Crippen LogP contribution in [0.4, 0.5) is 11.5 Å². The summed E-state index contributed by atoms with van der Waals surface area (Å²) in [5.74, 6) is -0.0969. The van der Waals surface area contributed by atoms with E-state index in [1.165, 1.54) is 16.9 Å². The number of anilines is 2. The Morgan fingerprint density at radius 2 is 2.00 bits per heavy atom.